The molecule has 17 N–H and O–H groups in total. The van der Waals surface area contributed by atoms with Crippen LogP contribution in [0.15, 0.2) is 0 Å². The van der Waals surface area contributed by atoms with Crippen molar-refractivity contribution in [3.05, 3.63) is 0 Å². The normalized spacial score (nSPS) is 52.8. The van der Waals surface area contributed by atoms with Gasteiger partial charge in [0.25, 0.3) is 0 Å². The SMILES string of the molecule is COC1OC(CO)C(OC2OC(CO)C(OC3OC(C[O-])C(OC4OC(CO)C(OC5OC(CO)C(OC6OC(CO)C(C)C(O)C6O)C(O)C5O)C(O)C4O)C(O)C3O)C(O)C2O)C(O)C1O. The Kier molecular flexibility index (Phi) is 20.0. The van der Waals surface area contributed by atoms with Crippen molar-refractivity contribution in [1.29, 1.82) is 0 Å². The molecule has 68 heavy (non-hydrogen) atoms. The molecule has 0 bridgehead atoms. The van der Waals surface area contributed by atoms with Crippen molar-refractivity contribution in [2.24, 2.45) is 5.92 Å². The van der Waals surface area contributed by atoms with E-state index in [-0.39, 0.29) is 0 Å². The Balaban J connectivity index is 1.07. The lowest BCUT2D eigenvalue weighted by atomic mass is 9.91. The van der Waals surface area contributed by atoms with Crippen molar-refractivity contribution in [1.82, 2.24) is 0 Å². The summed E-state index contributed by atoms with van der Waals surface area (Å²) in [6.07, 6.45) is -52.1. The average molecular weight is 1000 g/mol. The van der Waals surface area contributed by atoms with E-state index in [1.807, 2.05) is 0 Å². The molecule has 398 valence electrons. The maximum atomic E-state index is 12.5. The predicted octanol–water partition coefficient (Wildman–Crippen LogP) is -12.8. The lowest BCUT2D eigenvalue weighted by Crippen LogP contribution is -2.68. The van der Waals surface area contributed by atoms with Gasteiger partial charge in [0.15, 0.2) is 37.7 Å². The van der Waals surface area contributed by atoms with Gasteiger partial charge in [-0.3, -0.25) is 0 Å². The molecule has 6 fully saturated rings. The van der Waals surface area contributed by atoms with E-state index >= 15 is 0 Å². The summed E-state index contributed by atoms with van der Waals surface area (Å²) in [6.45, 7) is -3.99. The van der Waals surface area contributed by atoms with Gasteiger partial charge in [0, 0.05) is 13.0 Å². The first-order valence-corrected chi connectivity index (χ1v) is 21.8. The van der Waals surface area contributed by atoms with Crippen LogP contribution in [0, 0.1) is 5.92 Å². The minimum atomic E-state index is -2.17. The number of aliphatic hydroxyl groups excluding tert-OH is 17. The summed E-state index contributed by atoms with van der Waals surface area (Å²) in [5, 5.41) is 193. The van der Waals surface area contributed by atoms with Gasteiger partial charge in [-0.15, -0.1) is 6.61 Å². The Morgan fingerprint density at radius 1 is 0.324 bits per heavy atom. The Labute approximate surface area is 386 Å². The third-order valence-corrected chi connectivity index (χ3v) is 13.0. The zero-order valence-corrected chi connectivity index (χ0v) is 36.5. The molecule has 6 rings (SSSR count). The number of rotatable bonds is 17. The Morgan fingerprint density at radius 2 is 0.544 bits per heavy atom. The van der Waals surface area contributed by atoms with Crippen LogP contribution in [-0.4, -0.2) is 312 Å². The summed E-state index contributed by atoms with van der Waals surface area (Å²) in [5.41, 5.74) is 0. The average Bonchev–Trinajstić information content (AvgIpc) is 3.33. The maximum Gasteiger partial charge on any atom is 0.187 e. The molecule has 0 aromatic carbocycles. The molecule has 0 saturated carbocycles. The largest absolute Gasteiger partial charge is 0.853 e. The van der Waals surface area contributed by atoms with Crippen molar-refractivity contribution < 1.29 is 149 Å². The van der Waals surface area contributed by atoms with E-state index in [0.717, 1.165) is 7.11 Å². The highest BCUT2D eigenvalue weighted by Crippen LogP contribution is 2.37. The van der Waals surface area contributed by atoms with Crippen LogP contribution in [0.4, 0.5) is 0 Å². The molecule has 30 atom stereocenters. The first-order valence-electron chi connectivity index (χ1n) is 21.8. The fraction of sp³-hybridized carbons (Fsp3) is 1.00. The van der Waals surface area contributed by atoms with Gasteiger partial charge in [0.05, 0.1) is 51.3 Å². The van der Waals surface area contributed by atoms with E-state index in [4.69, 9.17) is 56.8 Å². The quantitative estimate of drug-likeness (QED) is 0.0643. The van der Waals surface area contributed by atoms with Crippen molar-refractivity contribution in [3.63, 3.8) is 0 Å². The number of aliphatic hydroxyl groups is 17. The summed E-state index contributed by atoms with van der Waals surface area (Å²) in [4.78, 5) is 0. The number of ether oxygens (including phenoxy) is 12. The third-order valence-electron chi connectivity index (χ3n) is 13.0. The second kappa shape index (κ2) is 24.2. The summed E-state index contributed by atoms with van der Waals surface area (Å²) in [5.74, 6) is -0.738. The van der Waals surface area contributed by atoms with E-state index in [9.17, 15) is 91.9 Å². The second-order valence-corrected chi connectivity index (χ2v) is 17.3. The molecule has 0 aromatic heterocycles. The van der Waals surface area contributed by atoms with Gasteiger partial charge in [0.1, 0.15) is 122 Å². The van der Waals surface area contributed by atoms with Crippen LogP contribution in [0.1, 0.15) is 6.92 Å². The predicted molar refractivity (Wildman–Crippen MR) is 205 cm³/mol. The molecule has 30 heteroatoms. The van der Waals surface area contributed by atoms with Gasteiger partial charge >= 0.3 is 0 Å². The molecule has 6 heterocycles. The Morgan fingerprint density at radius 3 is 0.809 bits per heavy atom. The smallest absolute Gasteiger partial charge is 0.187 e. The number of hydrogen-bond donors (Lipinski definition) is 17. The number of methoxy groups -OCH3 is 1. The fourth-order valence-electron chi connectivity index (χ4n) is 8.90. The van der Waals surface area contributed by atoms with Gasteiger partial charge in [0.2, 0.25) is 0 Å². The van der Waals surface area contributed by atoms with E-state index in [1.54, 1.807) is 0 Å². The molecular formula is C38H65O30-. The topological polar surface area (TPSA) is 478 Å². The molecule has 0 aliphatic carbocycles. The first kappa shape index (κ1) is 56.1. The second-order valence-electron chi connectivity index (χ2n) is 17.3. The van der Waals surface area contributed by atoms with Crippen molar-refractivity contribution in [2.75, 3.05) is 46.8 Å². The molecule has 30 nitrogen and oxygen atoms in total. The Hall–Kier alpha value is -1.20. The molecule has 0 amide bonds. The molecule has 0 spiro atoms. The van der Waals surface area contributed by atoms with E-state index < -0.39 is 224 Å². The van der Waals surface area contributed by atoms with Crippen LogP contribution >= 0.6 is 0 Å². The van der Waals surface area contributed by atoms with Crippen LogP contribution in [0.2, 0.25) is 0 Å². The zero-order chi connectivity index (χ0) is 50.0. The van der Waals surface area contributed by atoms with Crippen LogP contribution < -0.4 is 5.11 Å². The number of hydrogen-bond acceptors (Lipinski definition) is 30. The van der Waals surface area contributed by atoms with E-state index in [0.29, 0.717) is 0 Å². The van der Waals surface area contributed by atoms with Crippen LogP contribution in [0.5, 0.6) is 0 Å². The molecule has 6 saturated heterocycles. The highest BCUT2D eigenvalue weighted by molar-refractivity contribution is 4.99. The van der Waals surface area contributed by atoms with Crippen LogP contribution in [0.3, 0.4) is 0 Å². The van der Waals surface area contributed by atoms with Gasteiger partial charge < -0.3 is 149 Å². The van der Waals surface area contributed by atoms with Crippen LogP contribution in [-0.2, 0) is 56.8 Å². The minimum absolute atomic E-state index is 0.580. The van der Waals surface area contributed by atoms with Gasteiger partial charge in [-0.1, -0.05) is 6.92 Å². The monoisotopic (exact) mass is 1000 g/mol. The van der Waals surface area contributed by atoms with Crippen LogP contribution in [0.25, 0.3) is 0 Å². The summed E-state index contributed by atoms with van der Waals surface area (Å²) in [6, 6.07) is 0. The van der Waals surface area contributed by atoms with Crippen molar-refractivity contribution in [3.8, 4) is 0 Å². The maximum absolute atomic E-state index is 12.5. The molecule has 6 aliphatic rings. The van der Waals surface area contributed by atoms with E-state index in [1.165, 1.54) is 6.92 Å². The molecule has 6 aliphatic heterocycles. The molecule has 0 aromatic rings. The highest BCUT2D eigenvalue weighted by atomic mass is 16.8. The summed E-state index contributed by atoms with van der Waals surface area (Å²) >= 11 is 0. The molecule has 0 radical (unpaired) electrons. The lowest BCUT2D eigenvalue weighted by Gasteiger charge is -2.50. The van der Waals surface area contributed by atoms with Crippen molar-refractivity contribution >= 4 is 0 Å². The minimum Gasteiger partial charge on any atom is -0.853 e. The fourth-order valence-corrected chi connectivity index (χ4v) is 8.90. The molecular weight excluding hydrogens is 936 g/mol. The van der Waals surface area contributed by atoms with Gasteiger partial charge in [-0.25, -0.2) is 0 Å². The van der Waals surface area contributed by atoms with Crippen molar-refractivity contribution in [2.45, 2.75) is 185 Å². The lowest BCUT2D eigenvalue weighted by molar-refractivity contribution is -0.433. The summed E-state index contributed by atoms with van der Waals surface area (Å²) in [7, 11) is 1.16. The Bertz CT molecular complexity index is 1510. The highest BCUT2D eigenvalue weighted by Gasteiger charge is 2.57. The van der Waals surface area contributed by atoms with Gasteiger partial charge in [-0.2, -0.15) is 0 Å². The standard InChI is InChI=1S/C38H65O30/c1-9-10(3-39)58-34(22(51)16(9)45)64-29-12(5-41)60-36(24(53)18(29)47)66-31-14(7-43)62-38(26(55)20(31)49)68-32-15(8-44)63-37(27(56)21(32)50)67-30-13(6-42)61-35(25(54)19(30)48)65-28-11(4-40)59-33(57-2)23(52)17(28)46/h9-43,45-56H,3-8H2,1-2H3/q-1. The molecule has 30 unspecified atom stereocenters. The first-order chi connectivity index (χ1) is 32.3. The summed E-state index contributed by atoms with van der Waals surface area (Å²) < 4.78 is 66.4. The zero-order valence-electron chi connectivity index (χ0n) is 36.5. The third kappa shape index (κ3) is 11.3. The van der Waals surface area contributed by atoms with Gasteiger partial charge in [-0.05, 0) is 0 Å². The van der Waals surface area contributed by atoms with E-state index in [2.05, 4.69) is 0 Å².